The summed E-state index contributed by atoms with van der Waals surface area (Å²) >= 11 is 0. The Morgan fingerprint density at radius 2 is 0.900 bits per heavy atom. The maximum atomic E-state index is 5.55. The summed E-state index contributed by atoms with van der Waals surface area (Å²) in [6, 6.07) is 60.7. The lowest BCUT2D eigenvalue weighted by molar-refractivity contribution is 1.01. The molecule has 3 heterocycles. The smallest absolute Gasteiger partial charge is 0.235 e. The van der Waals surface area contributed by atoms with Crippen molar-refractivity contribution in [3.8, 4) is 22.9 Å². The highest BCUT2D eigenvalue weighted by Crippen LogP contribution is 2.40. The minimum Gasteiger partial charge on any atom is -0.309 e. The van der Waals surface area contributed by atoms with Gasteiger partial charge < -0.3 is 4.57 Å². The first kappa shape index (κ1) is 27.2. The first-order valence-corrected chi connectivity index (χ1v) is 17.0. The van der Waals surface area contributed by atoms with E-state index in [9.17, 15) is 0 Å². The van der Waals surface area contributed by atoms with E-state index in [4.69, 9.17) is 9.97 Å². The van der Waals surface area contributed by atoms with Gasteiger partial charge in [-0.25, -0.2) is 9.97 Å². The lowest BCUT2D eigenvalue weighted by atomic mass is 9.96. The van der Waals surface area contributed by atoms with Crippen LogP contribution in [0.1, 0.15) is 0 Å². The average molecular weight is 637 g/mol. The van der Waals surface area contributed by atoms with Crippen LogP contribution in [0.5, 0.6) is 0 Å². The molecule has 0 bridgehead atoms. The molecule has 0 atom stereocenters. The molecule has 0 amide bonds. The van der Waals surface area contributed by atoms with Gasteiger partial charge in [-0.2, -0.15) is 0 Å². The van der Waals surface area contributed by atoms with E-state index in [0.717, 1.165) is 44.3 Å². The number of nitrogens with zero attached hydrogens (tertiary/aromatic N) is 4. The minimum atomic E-state index is 0.654. The van der Waals surface area contributed by atoms with Gasteiger partial charge in [-0.05, 0) is 57.9 Å². The van der Waals surface area contributed by atoms with Crippen LogP contribution in [0.2, 0.25) is 0 Å². The summed E-state index contributed by atoms with van der Waals surface area (Å²) in [4.78, 5) is 10.9. The first-order valence-electron chi connectivity index (χ1n) is 17.0. The van der Waals surface area contributed by atoms with Crippen LogP contribution in [0, 0.1) is 0 Å². The zero-order valence-corrected chi connectivity index (χ0v) is 27.0. The molecule has 0 radical (unpaired) electrons. The van der Waals surface area contributed by atoms with Gasteiger partial charge in [-0.1, -0.05) is 133 Å². The van der Waals surface area contributed by atoms with Gasteiger partial charge in [-0.15, -0.1) is 0 Å². The van der Waals surface area contributed by atoms with Gasteiger partial charge >= 0.3 is 0 Å². The molecular formula is C46H28N4. The second-order valence-corrected chi connectivity index (χ2v) is 13.0. The third-order valence-electron chi connectivity index (χ3n) is 10.3. The Morgan fingerprint density at radius 3 is 1.60 bits per heavy atom. The summed E-state index contributed by atoms with van der Waals surface area (Å²) in [5.41, 5.74) is 8.55. The molecule has 0 aliphatic heterocycles. The van der Waals surface area contributed by atoms with Gasteiger partial charge in [0.05, 0.1) is 33.3 Å². The summed E-state index contributed by atoms with van der Waals surface area (Å²) in [7, 11) is 0. The Hall–Kier alpha value is -6.78. The van der Waals surface area contributed by atoms with Crippen LogP contribution in [0.3, 0.4) is 0 Å². The van der Waals surface area contributed by atoms with Gasteiger partial charge in [0.1, 0.15) is 0 Å². The average Bonchev–Trinajstić information content (AvgIpc) is 3.70. The third kappa shape index (κ3) is 3.81. The molecule has 11 aromatic rings. The SMILES string of the molecule is c1ccc2c(-c3nc(-n4c5ccccc5c5ccc(-n6c7ccccc7c7ccccc76)cc54)nc4ccc5ccccc5c34)cccc2c1. The van der Waals surface area contributed by atoms with E-state index >= 15 is 0 Å². The largest absolute Gasteiger partial charge is 0.309 e. The van der Waals surface area contributed by atoms with E-state index in [-0.39, 0.29) is 0 Å². The first-order chi connectivity index (χ1) is 24.8. The Morgan fingerprint density at radius 1 is 0.360 bits per heavy atom. The number of hydrogen-bond acceptors (Lipinski definition) is 2. The predicted octanol–water partition coefficient (Wildman–Crippen LogP) is 11.8. The molecule has 4 nitrogen and oxygen atoms in total. The van der Waals surface area contributed by atoms with Crippen molar-refractivity contribution in [3.05, 3.63) is 170 Å². The number of para-hydroxylation sites is 3. The molecule has 232 valence electrons. The zero-order valence-electron chi connectivity index (χ0n) is 27.0. The third-order valence-corrected chi connectivity index (χ3v) is 10.3. The van der Waals surface area contributed by atoms with Crippen LogP contribution < -0.4 is 0 Å². The number of hydrogen-bond donors (Lipinski definition) is 0. The molecule has 11 rings (SSSR count). The molecule has 50 heavy (non-hydrogen) atoms. The van der Waals surface area contributed by atoms with Crippen LogP contribution in [-0.4, -0.2) is 19.1 Å². The molecule has 0 aliphatic carbocycles. The highest BCUT2D eigenvalue weighted by Gasteiger charge is 2.21. The Bertz CT molecular complexity index is 3110. The molecule has 0 aliphatic rings. The van der Waals surface area contributed by atoms with E-state index in [1.807, 2.05) is 0 Å². The molecule has 8 aromatic carbocycles. The van der Waals surface area contributed by atoms with Crippen molar-refractivity contribution in [2.75, 3.05) is 0 Å². The molecule has 0 saturated carbocycles. The van der Waals surface area contributed by atoms with Crippen LogP contribution in [0.15, 0.2) is 170 Å². The van der Waals surface area contributed by atoms with Gasteiger partial charge in [0.15, 0.2) is 0 Å². The van der Waals surface area contributed by atoms with Crippen molar-refractivity contribution in [1.82, 2.24) is 19.1 Å². The quantitative estimate of drug-likeness (QED) is 0.181. The summed E-state index contributed by atoms with van der Waals surface area (Å²) < 4.78 is 4.63. The van der Waals surface area contributed by atoms with Crippen molar-refractivity contribution in [3.63, 3.8) is 0 Å². The molecule has 0 fully saturated rings. The van der Waals surface area contributed by atoms with Gasteiger partial charge in [0, 0.05) is 38.2 Å². The van der Waals surface area contributed by atoms with Crippen LogP contribution in [-0.2, 0) is 0 Å². The van der Waals surface area contributed by atoms with Crippen molar-refractivity contribution in [1.29, 1.82) is 0 Å². The molecule has 0 unspecified atom stereocenters. The lowest BCUT2D eigenvalue weighted by Gasteiger charge is -2.15. The normalized spacial score (nSPS) is 12.0. The van der Waals surface area contributed by atoms with E-state index in [0.29, 0.717) is 5.95 Å². The molecule has 3 aromatic heterocycles. The molecule has 0 saturated heterocycles. The fraction of sp³-hybridized carbons (Fsp3) is 0. The Labute approximate surface area is 287 Å². The highest BCUT2D eigenvalue weighted by molar-refractivity contribution is 6.16. The molecule has 0 N–H and O–H groups in total. The van der Waals surface area contributed by atoms with Crippen molar-refractivity contribution in [2.45, 2.75) is 0 Å². The maximum Gasteiger partial charge on any atom is 0.235 e. The zero-order chi connectivity index (χ0) is 32.8. The van der Waals surface area contributed by atoms with Crippen LogP contribution in [0.25, 0.3) is 99.0 Å². The number of benzene rings is 8. The standard InChI is InChI=1S/C46H28N4/c1-3-15-32-29(12-1)14-11-20-38(32)45-44-33-16-4-2-13-30(33)24-27-39(44)47-46(48-45)50-42-23-10-7-19-36(42)37-26-25-31(28-43(37)50)49-40-21-8-5-17-34(40)35-18-6-9-22-41(35)49/h1-28H. The topological polar surface area (TPSA) is 35.6 Å². The fourth-order valence-electron chi connectivity index (χ4n) is 8.13. The maximum absolute atomic E-state index is 5.55. The monoisotopic (exact) mass is 636 g/mol. The second-order valence-electron chi connectivity index (χ2n) is 13.0. The Balaban J connectivity index is 1.26. The summed E-state index contributed by atoms with van der Waals surface area (Å²) in [6.07, 6.45) is 0. The number of aromatic nitrogens is 4. The van der Waals surface area contributed by atoms with Crippen LogP contribution >= 0.6 is 0 Å². The number of fused-ring (bicyclic) bond motifs is 10. The lowest BCUT2D eigenvalue weighted by Crippen LogP contribution is -2.04. The Kier molecular flexibility index (Phi) is 5.63. The van der Waals surface area contributed by atoms with Gasteiger partial charge in [0.25, 0.3) is 0 Å². The van der Waals surface area contributed by atoms with E-state index in [1.54, 1.807) is 0 Å². The fourth-order valence-corrected chi connectivity index (χ4v) is 8.13. The van der Waals surface area contributed by atoms with Crippen molar-refractivity contribution in [2.24, 2.45) is 0 Å². The van der Waals surface area contributed by atoms with Crippen LogP contribution in [0.4, 0.5) is 0 Å². The van der Waals surface area contributed by atoms with Gasteiger partial charge in [-0.3, -0.25) is 4.57 Å². The van der Waals surface area contributed by atoms with E-state index < -0.39 is 0 Å². The van der Waals surface area contributed by atoms with Crippen molar-refractivity contribution >= 4 is 76.1 Å². The highest BCUT2D eigenvalue weighted by atomic mass is 15.2. The minimum absolute atomic E-state index is 0.654. The second kappa shape index (κ2) is 10.4. The predicted molar refractivity (Wildman–Crippen MR) is 209 cm³/mol. The van der Waals surface area contributed by atoms with Gasteiger partial charge in [0.2, 0.25) is 5.95 Å². The van der Waals surface area contributed by atoms with E-state index in [2.05, 4.69) is 179 Å². The summed E-state index contributed by atoms with van der Waals surface area (Å²) in [5, 5.41) is 10.6. The summed E-state index contributed by atoms with van der Waals surface area (Å²) in [6.45, 7) is 0. The summed E-state index contributed by atoms with van der Waals surface area (Å²) in [5.74, 6) is 0.654. The molecule has 0 spiro atoms. The van der Waals surface area contributed by atoms with E-state index in [1.165, 1.54) is 48.7 Å². The molecular weight excluding hydrogens is 609 g/mol. The number of rotatable bonds is 3. The molecule has 4 heteroatoms. The van der Waals surface area contributed by atoms with Crippen molar-refractivity contribution < 1.29 is 0 Å².